The van der Waals surface area contributed by atoms with Gasteiger partial charge in [0.1, 0.15) is 12.4 Å². The van der Waals surface area contributed by atoms with E-state index >= 15 is 0 Å². The lowest BCUT2D eigenvalue weighted by molar-refractivity contribution is -0.384. The van der Waals surface area contributed by atoms with Crippen LogP contribution in [-0.2, 0) is 4.84 Å². The summed E-state index contributed by atoms with van der Waals surface area (Å²) in [5.41, 5.74) is 1.71. The van der Waals surface area contributed by atoms with Gasteiger partial charge in [0.15, 0.2) is 17.6 Å². The Bertz CT molecular complexity index is 819. The predicted molar refractivity (Wildman–Crippen MR) is 94.2 cm³/mol. The maximum absolute atomic E-state index is 10.6. The molecule has 2 aromatic carbocycles. The highest BCUT2D eigenvalue weighted by atomic mass is 16.7. The van der Waals surface area contributed by atoms with Crippen LogP contribution in [0.15, 0.2) is 47.6 Å². The number of oxime groups is 1. The van der Waals surface area contributed by atoms with Gasteiger partial charge in [-0.25, -0.2) is 0 Å². The third-order valence-electron chi connectivity index (χ3n) is 3.93. The van der Waals surface area contributed by atoms with Gasteiger partial charge in [-0.15, -0.1) is 0 Å². The molecule has 0 N–H and O–H groups in total. The molecular weight excluding hydrogens is 340 g/mol. The van der Waals surface area contributed by atoms with Crippen LogP contribution in [0.5, 0.6) is 17.2 Å². The Hall–Kier alpha value is -3.29. The molecule has 0 aliphatic carbocycles. The number of nitrogens with zero attached hydrogens (tertiary/aromatic N) is 2. The van der Waals surface area contributed by atoms with E-state index in [1.165, 1.54) is 12.1 Å². The van der Waals surface area contributed by atoms with E-state index in [2.05, 4.69) is 5.16 Å². The van der Waals surface area contributed by atoms with Crippen LogP contribution in [-0.4, -0.2) is 37.6 Å². The Balaban J connectivity index is 1.57. The first-order chi connectivity index (χ1) is 12.6. The fraction of sp³-hybridized carbons (Fsp3) is 0.278. The van der Waals surface area contributed by atoms with Gasteiger partial charge in [-0.2, -0.15) is 0 Å². The lowest BCUT2D eigenvalue weighted by atomic mass is 10.0. The van der Waals surface area contributed by atoms with Crippen LogP contribution >= 0.6 is 0 Å². The molecule has 0 amide bonds. The fourth-order valence-electron chi connectivity index (χ4n) is 2.56. The molecule has 1 heterocycles. The minimum Gasteiger partial charge on any atom is -0.493 e. The van der Waals surface area contributed by atoms with Crippen molar-refractivity contribution in [3.63, 3.8) is 0 Å². The SMILES string of the molecule is COc1ccc(C2=NO[C@H](COc3ccc([N+](=O)[O-])cc3)C2)cc1OC. The third kappa shape index (κ3) is 3.85. The van der Waals surface area contributed by atoms with Crippen molar-refractivity contribution in [1.82, 2.24) is 0 Å². The zero-order valence-corrected chi connectivity index (χ0v) is 14.4. The lowest BCUT2D eigenvalue weighted by Gasteiger charge is -2.11. The summed E-state index contributed by atoms with van der Waals surface area (Å²) in [6, 6.07) is 11.5. The summed E-state index contributed by atoms with van der Waals surface area (Å²) in [5, 5.41) is 14.8. The summed E-state index contributed by atoms with van der Waals surface area (Å²) < 4.78 is 16.2. The molecule has 1 atom stereocenters. The van der Waals surface area contributed by atoms with Gasteiger partial charge >= 0.3 is 0 Å². The summed E-state index contributed by atoms with van der Waals surface area (Å²) in [7, 11) is 3.16. The number of ether oxygens (including phenoxy) is 3. The molecule has 0 fully saturated rings. The monoisotopic (exact) mass is 358 g/mol. The van der Waals surface area contributed by atoms with Gasteiger partial charge < -0.3 is 19.0 Å². The predicted octanol–water partition coefficient (Wildman–Crippen LogP) is 3.18. The van der Waals surface area contributed by atoms with Gasteiger partial charge in [0.05, 0.1) is 24.9 Å². The maximum Gasteiger partial charge on any atom is 0.269 e. The van der Waals surface area contributed by atoms with E-state index in [1.807, 2.05) is 18.2 Å². The fourth-order valence-corrected chi connectivity index (χ4v) is 2.56. The minimum absolute atomic E-state index is 0.0218. The summed E-state index contributed by atoms with van der Waals surface area (Å²) >= 11 is 0. The van der Waals surface area contributed by atoms with Crippen molar-refractivity contribution < 1.29 is 24.0 Å². The smallest absolute Gasteiger partial charge is 0.269 e. The normalized spacial score (nSPS) is 15.8. The highest BCUT2D eigenvalue weighted by Crippen LogP contribution is 2.29. The zero-order valence-electron chi connectivity index (χ0n) is 14.4. The molecule has 8 heteroatoms. The average molecular weight is 358 g/mol. The number of hydrogen-bond acceptors (Lipinski definition) is 7. The van der Waals surface area contributed by atoms with E-state index in [0.717, 1.165) is 11.3 Å². The summed E-state index contributed by atoms with van der Waals surface area (Å²) in [6.45, 7) is 0.290. The van der Waals surface area contributed by atoms with E-state index in [9.17, 15) is 10.1 Å². The van der Waals surface area contributed by atoms with Gasteiger partial charge in [0.25, 0.3) is 5.69 Å². The van der Waals surface area contributed by atoms with Crippen LogP contribution in [0.25, 0.3) is 0 Å². The molecule has 0 spiro atoms. The highest BCUT2D eigenvalue weighted by molar-refractivity contribution is 6.01. The summed E-state index contributed by atoms with van der Waals surface area (Å²) in [4.78, 5) is 15.6. The van der Waals surface area contributed by atoms with Gasteiger partial charge in [0.2, 0.25) is 0 Å². The molecule has 0 saturated carbocycles. The second kappa shape index (κ2) is 7.73. The average Bonchev–Trinajstić information content (AvgIpc) is 3.15. The Morgan fingerprint density at radius 1 is 1.15 bits per heavy atom. The van der Waals surface area contributed by atoms with Gasteiger partial charge in [-0.05, 0) is 30.3 Å². The Morgan fingerprint density at radius 2 is 1.88 bits per heavy atom. The number of nitro benzene ring substituents is 1. The maximum atomic E-state index is 10.6. The number of nitro groups is 1. The van der Waals surface area contributed by atoms with Crippen molar-refractivity contribution in [2.75, 3.05) is 20.8 Å². The molecule has 0 bridgehead atoms. The zero-order chi connectivity index (χ0) is 18.5. The van der Waals surface area contributed by atoms with Crippen molar-refractivity contribution in [2.45, 2.75) is 12.5 Å². The van der Waals surface area contributed by atoms with Crippen molar-refractivity contribution in [1.29, 1.82) is 0 Å². The molecule has 1 aliphatic heterocycles. The Kier molecular flexibility index (Phi) is 5.21. The van der Waals surface area contributed by atoms with E-state index in [-0.39, 0.29) is 18.4 Å². The second-order valence-electron chi connectivity index (χ2n) is 5.60. The molecule has 136 valence electrons. The van der Waals surface area contributed by atoms with Gasteiger partial charge in [0, 0.05) is 24.1 Å². The van der Waals surface area contributed by atoms with Gasteiger partial charge in [-0.3, -0.25) is 10.1 Å². The molecular formula is C18H18N2O6. The first kappa shape index (κ1) is 17.5. The standard InChI is InChI=1S/C18H18N2O6/c1-23-17-8-3-12(9-18(17)24-2)16-10-15(26-19-16)11-25-14-6-4-13(5-7-14)20(21)22/h3-9,15H,10-11H2,1-2H3/t15-/m0/s1. The lowest BCUT2D eigenvalue weighted by Crippen LogP contribution is -2.18. The summed E-state index contributed by atoms with van der Waals surface area (Å²) in [6.07, 6.45) is 0.357. The first-order valence-corrected chi connectivity index (χ1v) is 7.93. The van der Waals surface area contributed by atoms with Crippen molar-refractivity contribution in [2.24, 2.45) is 5.16 Å². The Morgan fingerprint density at radius 3 is 2.54 bits per heavy atom. The van der Waals surface area contributed by atoms with E-state index in [0.29, 0.717) is 23.7 Å². The highest BCUT2D eigenvalue weighted by Gasteiger charge is 2.24. The van der Waals surface area contributed by atoms with E-state index in [4.69, 9.17) is 19.0 Å². The van der Waals surface area contributed by atoms with Crippen molar-refractivity contribution in [3.8, 4) is 17.2 Å². The molecule has 3 rings (SSSR count). The summed E-state index contributed by atoms with van der Waals surface area (Å²) in [5.74, 6) is 1.81. The van der Waals surface area contributed by atoms with Crippen LogP contribution in [0, 0.1) is 10.1 Å². The van der Waals surface area contributed by atoms with Crippen LogP contribution in [0.1, 0.15) is 12.0 Å². The molecule has 26 heavy (non-hydrogen) atoms. The minimum atomic E-state index is -0.451. The van der Waals surface area contributed by atoms with Crippen LogP contribution in [0.3, 0.4) is 0 Å². The third-order valence-corrected chi connectivity index (χ3v) is 3.93. The van der Waals surface area contributed by atoms with E-state index in [1.54, 1.807) is 26.4 Å². The van der Waals surface area contributed by atoms with Crippen LogP contribution < -0.4 is 14.2 Å². The Labute approximate surface area is 150 Å². The van der Waals surface area contributed by atoms with Crippen molar-refractivity contribution in [3.05, 3.63) is 58.1 Å². The molecule has 0 saturated heterocycles. The molecule has 1 aliphatic rings. The van der Waals surface area contributed by atoms with Gasteiger partial charge in [-0.1, -0.05) is 5.16 Å². The number of hydrogen-bond donors (Lipinski definition) is 0. The molecule has 0 unspecified atom stereocenters. The van der Waals surface area contributed by atoms with Crippen LogP contribution in [0.2, 0.25) is 0 Å². The largest absolute Gasteiger partial charge is 0.493 e. The second-order valence-corrected chi connectivity index (χ2v) is 5.60. The number of rotatable bonds is 7. The number of methoxy groups -OCH3 is 2. The van der Waals surface area contributed by atoms with Crippen LogP contribution in [0.4, 0.5) is 5.69 Å². The molecule has 0 radical (unpaired) electrons. The number of non-ortho nitro benzene ring substituents is 1. The number of benzene rings is 2. The van der Waals surface area contributed by atoms with Crippen molar-refractivity contribution >= 4 is 11.4 Å². The van der Waals surface area contributed by atoms with E-state index < -0.39 is 4.92 Å². The molecule has 2 aromatic rings. The molecule has 0 aromatic heterocycles. The molecule has 8 nitrogen and oxygen atoms in total. The quantitative estimate of drug-likeness (QED) is 0.557. The topological polar surface area (TPSA) is 92.4 Å². The first-order valence-electron chi connectivity index (χ1n) is 7.93.